The topological polar surface area (TPSA) is 9.72 Å². The fourth-order valence-electron chi connectivity index (χ4n) is 11.3. The molecule has 70 heavy (non-hydrogen) atoms. The maximum atomic E-state index is 2.55. The molecule has 0 N–H and O–H groups in total. The van der Waals surface area contributed by atoms with E-state index in [0.29, 0.717) is 0 Å². The average Bonchev–Trinajstić information content (AvgIpc) is 3.41. The molecule has 0 bridgehead atoms. The molecule has 13 rings (SSSR count). The molecule has 0 amide bonds. The van der Waals surface area contributed by atoms with E-state index in [9.17, 15) is 0 Å². The fourth-order valence-corrected chi connectivity index (χ4v) is 14.3. The van der Waals surface area contributed by atoms with E-state index < -0.39 is 8.07 Å². The van der Waals surface area contributed by atoms with E-state index in [-0.39, 0.29) is 0 Å². The maximum Gasteiger partial charge on any atom is 0.113 e. The number of fused-ring (bicyclic) bond motifs is 5. The number of nitrogens with zero attached hydrogens (tertiary/aromatic N) is 3. The van der Waals surface area contributed by atoms with Crippen LogP contribution in [0, 0.1) is 0 Å². The fraction of sp³-hybridized carbons (Fsp3) is 0.0303. The minimum absolute atomic E-state index is 1.11. The highest BCUT2D eigenvalue weighted by atomic mass is 28.3. The van der Waals surface area contributed by atoms with Crippen molar-refractivity contribution in [2.75, 3.05) is 14.7 Å². The Labute approximate surface area is 410 Å². The lowest BCUT2D eigenvalue weighted by Gasteiger charge is -2.37. The van der Waals surface area contributed by atoms with E-state index in [2.05, 4.69) is 289 Å². The Morgan fingerprint density at radius 3 is 1.09 bits per heavy atom. The molecule has 0 saturated heterocycles. The van der Waals surface area contributed by atoms with Gasteiger partial charge >= 0.3 is 0 Å². The van der Waals surface area contributed by atoms with Crippen molar-refractivity contribution in [2.45, 2.75) is 13.1 Å². The minimum Gasteiger partial charge on any atom is -0.310 e. The molecule has 1 heterocycles. The van der Waals surface area contributed by atoms with Gasteiger partial charge in [0.1, 0.15) is 8.07 Å². The van der Waals surface area contributed by atoms with Gasteiger partial charge in [-0.15, -0.1) is 0 Å². The van der Waals surface area contributed by atoms with Gasteiger partial charge in [0.15, 0.2) is 0 Å². The molecule has 0 fully saturated rings. The predicted octanol–water partition coefficient (Wildman–Crippen LogP) is 17.5. The summed E-state index contributed by atoms with van der Waals surface area (Å²) in [5.74, 6) is 0. The predicted molar refractivity (Wildman–Crippen MR) is 303 cm³/mol. The molecule has 0 spiro atoms. The molecular weight excluding hydrogens is 863 g/mol. The van der Waals surface area contributed by atoms with Gasteiger partial charge in [0.25, 0.3) is 0 Å². The molecule has 12 aromatic carbocycles. The summed E-state index contributed by atoms with van der Waals surface area (Å²) < 4.78 is 0. The molecule has 0 radical (unpaired) electrons. The van der Waals surface area contributed by atoms with Crippen molar-refractivity contribution in [3.8, 4) is 11.1 Å². The highest BCUT2D eigenvalue weighted by molar-refractivity contribution is 7.03. The van der Waals surface area contributed by atoms with Crippen LogP contribution >= 0.6 is 0 Å². The summed E-state index contributed by atoms with van der Waals surface area (Å²) in [4.78, 5) is 7.40. The van der Waals surface area contributed by atoms with E-state index in [4.69, 9.17) is 0 Å². The van der Waals surface area contributed by atoms with Crippen LogP contribution in [-0.4, -0.2) is 8.07 Å². The van der Waals surface area contributed by atoms with Crippen molar-refractivity contribution in [2.24, 2.45) is 0 Å². The third-order valence-electron chi connectivity index (χ3n) is 14.5. The summed E-state index contributed by atoms with van der Waals surface area (Å²) in [5, 5.41) is 12.7. The van der Waals surface area contributed by atoms with Crippen molar-refractivity contribution in [3.05, 3.63) is 261 Å². The SMILES string of the molecule is C[Si]1(C)c2ccc(N(c3ccccc3)c3cccc4ccccc34)cc2-c2cc(N(c3ccccc3)c3cccc4ccccc34)cc3cc(N(c4ccccc4)c4cccc5ccccc45)cc1c23. The zero-order valence-corrected chi connectivity index (χ0v) is 40.2. The van der Waals surface area contributed by atoms with Crippen LogP contribution < -0.4 is 25.1 Å². The lowest BCUT2D eigenvalue weighted by Crippen LogP contribution is -2.56. The Morgan fingerprint density at radius 1 is 0.257 bits per heavy atom. The molecule has 332 valence electrons. The van der Waals surface area contributed by atoms with Gasteiger partial charge in [-0.2, -0.15) is 0 Å². The Hall–Kier alpha value is -8.70. The zero-order chi connectivity index (χ0) is 46.8. The molecule has 3 nitrogen and oxygen atoms in total. The second-order valence-corrected chi connectivity index (χ2v) is 23.3. The molecule has 4 heteroatoms. The van der Waals surface area contributed by atoms with Gasteiger partial charge in [-0.25, -0.2) is 0 Å². The highest BCUT2D eigenvalue weighted by Crippen LogP contribution is 2.48. The standard InChI is InChI=1S/C66H49N3Si/c1-70(2)64-40-39-53(67(50-27-6-3-7-28-50)61-36-18-24-46-21-12-15-33-56(46)61)43-59(64)60-44-54(68(51-29-8-4-9-30-51)62-37-19-25-47-22-13-16-34-57(47)62)41-49-42-55(45-65(70)66(49)60)69(52-31-10-5-11-32-52)63-38-20-26-48-23-14-17-35-58(48)63/h3-45H,1-2H3. The second kappa shape index (κ2) is 16.8. The first-order chi connectivity index (χ1) is 34.5. The third kappa shape index (κ3) is 6.87. The van der Waals surface area contributed by atoms with Crippen molar-refractivity contribution >= 4 is 113 Å². The van der Waals surface area contributed by atoms with Crippen LogP contribution in [0.2, 0.25) is 13.1 Å². The number of hydrogen-bond acceptors (Lipinski definition) is 3. The van der Waals surface area contributed by atoms with E-state index in [0.717, 1.165) is 51.2 Å². The number of para-hydroxylation sites is 3. The van der Waals surface area contributed by atoms with E-state index >= 15 is 0 Å². The zero-order valence-electron chi connectivity index (χ0n) is 39.2. The molecule has 0 unspecified atom stereocenters. The van der Waals surface area contributed by atoms with Crippen LogP contribution in [0.1, 0.15) is 0 Å². The molecular formula is C66H49N3Si. The van der Waals surface area contributed by atoms with Gasteiger partial charge in [-0.3, -0.25) is 0 Å². The summed E-state index contributed by atoms with van der Waals surface area (Å²) in [6.45, 7) is 5.11. The first-order valence-electron chi connectivity index (χ1n) is 24.3. The molecule has 0 aliphatic carbocycles. The van der Waals surface area contributed by atoms with Gasteiger partial charge < -0.3 is 14.7 Å². The number of anilines is 9. The highest BCUT2D eigenvalue weighted by Gasteiger charge is 2.38. The summed E-state index contributed by atoms with van der Waals surface area (Å²) in [5.41, 5.74) is 12.7. The monoisotopic (exact) mass is 911 g/mol. The molecule has 0 atom stereocenters. The van der Waals surface area contributed by atoms with Crippen molar-refractivity contribution < 1.29 is 0 Å². The summed E-state index contributed by atoms with van der Waals surface area (Å²) in [6, 6.07) is 96.2. The number of hydrogen-bond donors (Lipinski definition) is 0. The Bertz CT molecular complexity index is 3920. The smallest absolute Gasteiger partial charge is 0.113 e. The van der Waals surface area contributed by atoms with Gasteiger partial charge in [0, 0.05) is 50.3 Å². The van der Waals surface area contributed by atoms with Crippen molar-refractivity contribution in [1.29, 1.82) is 0 Å². The quantitative estimate of drug-likeness (QED) is 0.134. The normalized spacial score (nSPS) is 12.5. The van der Waals surface area contributed by atoms with Crippen LogP contribution in [0.3, 0.4) is 0 Å². The van der Waals surface area contributed by atoms with Gasteiger partial charge in [-0.1, -0.05) is 183 Å². The second-order valence-electron chi connectivity index (χ2n) is 18.9. The van der Waals surface area contributed by atoms with Crippen LogP contribution in [0.4, 0.5) is 51.2 Å². The number of benzene rings is 12. The molecule has 1 aliphatic rings. The van der Waals surface area contributed by atoms with E-state index in [1.807, 2.05) is 0 Å². The molecule has 0 saturated carbocycles. The Kier molecular flexibility index (Phi) is 9.96. The molecule has 0 aromatic heterocycles. The van der Waals surface area contributed by atoms with Gasteiger partial charge in [-0.05, 0) is 139 Å². The third-order valence-corrected chi connectivity index (χ3v) is 18.0. The average molecular weight is 912 g/mol. The minimum atomic E-state index is -2.42. The van der Waals surface area contributed by atoms with Crippen LogP contribution in [-0.2, 0) is 0 Å². The summed E-state index contributed by atoms with van der Waals surface area (Å²) >= 11 is 0. The largest absolute Gasteiger partial charge is 0.310 e. The Balaban J connectivity index is 1.12. The Morgan fingerprint density at radius 2 is 0.629 bits per heavy atom. The lowest BCUT2D eigenvalue weighted by molar-refractivity contribution is 1.29. The van der Waals surface area contributed by atoms with Crippen LogP contribution in [0.25, 0.3) is 54.2 Å². The number of rotatable bonds is 9. The first-order valence-corrected chi connectivity index (χ1v) is 27.3. The first kappa shape index (κ1) is 41.5. The van der Waals surface area contributed by atoms with Crippen LogP contribution in [0.5, 0.6) is 0 Å². The van der Waals surface area contributed by atoms with Gasteiger partial charge in [0.05, 0.1) is 17.1 Å². The van der Waals surface area contributed by atoms with Crippen LogP contribution in [0.15, 0.2) is 261 Å². The van der Waals surface area contributed by atoms with E-state index in [1.165, 1.54) is 64.6 Å². The van der Waals surface area contributed by atoms with Gasteiger partial charge in [0.2, 0.25) is 0 Å². The summed E-state index contributed by atoms with van der Waals surface area (Å²) in [7, 11) is -2.42. The van der Waals surface area contributed by atoms with E-state index in [1.54, 1.807) is 0 Å². The maximum absolute atomic E-state index is 2.55. The molecule has 1 aliphatic heterocycles. The summed E-state index contributed by atoms with van der Waals surface area (Å²) in [6.07, 6.45) is 0. The molecule has 12 aromatic rings. The lowest BCUT2D eigenvalue weighted by atomic mass is 9.94. The van der Waals surface area contributed by atoms with Crippen molar-refractivity contribution in [1.82, 2.24) is 0 Å². The van der Waals surface area contributed by atoms with Crippen molar-refractivity contribution in [3.63, 3.8) is 0 Å².